The highest BCUT2D eigenvalue weighted by atomic mass is 32.1. The minimum Gasteiger partial charge on any atom is -0.504 e. The molecule has 0 amide bonds. The zero-order valence-electron chi connectivity index (χ0n) is 11.9. The number of nitrogens with one attached hydrogen (secondary N) is 1. The fraction of sp³-hybridized carbons (Fsp3) is 0.429. The molecule has 0 aliphatic carbocycles. The normalized spacial score (nSPS) is 11.0. The summed E-state index contributed by atoms with van der Waals surface area (Å²) in [5.41, 5.74) is 0.843. The van der Waals surface area contributed by atoms with Crippen LogP contribution in [0.3, 0.4) is 0 Å². The maximum Gasteiger partial charge on any atom is 0.160 e. The SMILES string of the molecule is COc1ccc(-c2nnc(CNCC(C)C)s2)cc1O. The molecule has 2 rings (SSSR count). The Labute approximate surface area is 122 Å². The van der Waals surface area contributed by atoms with Crippen molar-refractivity contribution in [3.63, 3.8) is 0 Å². The number of benzene rings is 1. The van der Waals surface area contributed by atoms with Crippen LogP contribution < -0.4 is 10.1 Å². The summed E-state index contributed by atoms with van der Waals surface area (Å²) in [4.78, 5) is 0. The van der Waals surface area contributed by atoms with E-state index in [0.29, 0.717) is 11.7 Å². The Hall–Kier alpha value is -1.66. The van der Waals surface area contributed by atoms with Crippen molar-refractivity contribution in [2.45, 2.75) is 20.4 Å². The van der Waals surface area contributed by atoms with E-state index in [1.165, 1.54) is 18.4 Å². The average molecular weight is 293 g/mol. The summed E-state index contributed by atoms with van der Waals surface area (Å²) < 4.78 is 5.02. The smallest absolute Gasteiger partial charge is 0.160 e. The molecule has 2 N–H and O–H groups in total. The summed E-state index contributed by atoms with van der Waals surface area (Å²) in [5.74, 6) is 1.18. The van der Waals surface area contributed by atoms with Crippen molar-refractivity contribution in [1.82, 2.24) is 15.5 Å². The number of methoxy groups -OCH3 is 1. The first-order chi connectivity index (χ1) is 9.60. The van der Waals surface area contributed by atoms with Gasteiger partial charge in [-0.15, -0.1) is 10.2 Å². The average Bonchev–Trinajstić information content (AvgIpc) is 2.87. The van der Waals surface area contributed by atoms with E-state index >= 15 is 0 Å². The Morgan fingerprint density at radius 3 is 2.80 bits per heavy atom. The van der Waals surface area contributed by atoms with Crippen molar-refractivity contribution in [1.29, 1.82) is 0 Å². The van der Waals surface area contributed by atoms with Crippen LogP contribution in [0.2, 0.25) is 0 Å². The summed E-state index contributed by atoms with van der Waals surface area (Å²) in [5, 5.41) is 23.2. The molecule has 0 fully saturated rings. The third-order valence-electron chi connectivity index (χ3n) is 2.72. The topological polar surface area (TPSA) is 67.3 Å². The molecule has 0 aliphatic heterocycles. The van der Waals surface area contributed by atoms with Crippen LogP contribution in [0.15, 0.2) is 18.2 Å². The molecule has 108 valence electrons. The number of phenols is 1. The Balaban J connectivity index is 2.06. The Kier molecular flexibility index (Phi) is 4.92. The first-order valence-electron chi connectivity index (χ1n) is 6.50. The second-order valence-electron chi connectivity index (χ2n) is 4.91. The monoisotopic (exact) mass is 293 g/mol. The van der Waals surface area contributed by atoms with E-state index in [0.717, 1.165) is 28.7 Å². The number of aromatic hydroxyl groups is 1. The highest BCUT2D eigenvalue weighted by Gasteiger charge is 2.09. The van der Waals surface area contributed by atoms with Gasteiger partial charge in [0.25, 0.3) is 0 Å². The molecular formula is C14H19N3O2S. The van der Waals surface area contributed by atoms with Crippen LogP contribution in [0.4, 0.5) is 0 Å². The van der Waals surface area contributed by atoms with Crippen LogP contribution in [0.1, 0.15) is 18.9 Å². The largest absolute Gasteiger partial charge is 0.504 e. The molecule has 0 bridgehead atoms. The number of aromatic nitrogens is 2. The maximum absolute atomic E-state index is 9.78. The van der Waals surface area contributed by atoms with Gasteiger partial charge in [0.2, 0.25) is 0 Å². The molecule has 0 radical (unpaired) electrons. The van der Waals surface area contributed by atoms with Gasteiger partial charge in [-0.25, -0.2) is 0 Å². The number of nitrogens with zero attached hydrogens (tertiary/aromatic N) is 2. The molecule has 1 heterocycles. The Morgan fingerprint density at radius 2 is 2.15 bits per heavy atom. The number of rotatable bonds is 6. The molecule has 2 aromatic rings. The van der Waals surface area contributed by atoms with Gasteiger partial charge in [-0.3, -0.25) is 0 Å². The van der Waals surface area contributed by atoms with Crippen LogP contribution in [0, 0.1) is 5.92 Å². The lowest BCUT2D eigenvalue weighted by molar-refractivity contribution is 0.373. The molecular weight excluding hydrogens is 274 g/mol. The minimum absolute atomic E-state index is 0.111. The fourth-order valence-electron chi connectivity index (χ4n) is 1.73. The maximum atomic E-state index is 9.78. The van der Waals surface area contributed by atoms with Gasteiger partial charge in [0.1, 0.15) is 10.0 Å². The van der Waals surface area contributed by atoms with Crippen molar-refractivity contribution in [2.75, 3.05) is 13.7 Å². The van der Waals surface area contributed by atoms with E-state index in [2.05, 4.69) is 29.4 Å². The summed E-state index contributed by atoms with van der Waals surface area (Å²) in [6, 6.07) is 5.23. The second-order valence-corrected chi connectivity index (χ2v) is 5.97. The molecule has 0 atom stereocenters. The van der Waals surface area contributed by atoms with Crippen molar-refractivity contribution in [3.8, 4) is 22.1 Å². The molecule has 0 saturated carbocycles. The fourth-order valence-corrected chi connectivity index (χ4v) is 2.54. The lowest BCUT2D eigenvalue weighted by Gasteiger charge is -2.04. The van der Waals surface area contributed by atoms with Gasteiger partial charge in [0.15, 0.2) is 11.5 Å². The highest BCUT2D eigenvalue weighted by molar-refractivity contribution is 7.14. The van der Waals surface area contributed by atoms with Crippen molar-refractivity contribution in [3.05, 3.63) is 23.2 Å². The molecule has 0 aliphatic rings. The lowest BCUT2D eigenvalue weighted by Crippen LogP contribution is -2.18. The predicted molar refractivity (Wildman–Crippen MR) is 80.1 cm³/mol. The third kappa shape index (κ3) is 3.68. The van der Waals surface area contributed by atoms with Crippen LogP contribution in [0.5, 0.6) is 11.5 Å². The molecule has 0 saturated heterocycles. The quantitative estimate of drug-likeness (QED) is 0.857. The summed E-state index contributed by atoms with van der Waals surface area (Å²) in [6.07, 6.45) is 0. The summed E-state index contributed by atoms with van der Waals surface area (Å²) >= 11 is 1.52. The van der Waals surface area contributed by atoms with E-state index in [9.17, 15) is 5.11 Å². The van der Waals surface area contributed by atoms with Crippen LogP contribution in [-0.4, -0.2) is 29.0 Å². The highest BCUT2D eigenvalue weighted by Crippen LogP contribution is 2.32. The lowest BCUT2D eigenvalue weighted by atomic mass is 10.2. The van der Waals surface area contributed by atoms with E-state index in [1.54, 1.807) is 12.1 Å². The molecule has 20 heavy (non-hydrogen) atoms. The van der Waals surface area contributed by atoms with Crippen LogP contribution >= 0.6 is 11.3 Å². The predicted octanol–water partition coefficient (Wildman–Crippen LogP) is 2.66. The first kappa shape index (κ1) is 14.7. The standard InChI is InChI=1S/C14H19N3O2S/c1-9(2)7-15-8-13-16-17-14(20-13)10-4-5-12(19-3)11(18)6-10/h4-6,9,15,18H,7-8H2,1-3H3. The molecule has 0 unspecified atom stereocenters. The van der Waals surface area contributed by atoms with Gasteiger partial charge >= 0.3 is 0 Å². The van der Waals surface area contributed by atoms with Crippen LogP contribution in [0.25, 0.3) is 10.6 Å². The Morgan fingerprint density at radius 1 is 1.35 bits per heavy atom. The van der Waals surface area contributed by atoms with Gasteiger partial charge in [0, 0.05) is 12.1 Å². The first-order valence-corrected chi connectivity index (χ1v) is 7.32. The van der Waals surface area contributed by atoms with E-state index in [1.807, 2.05) is 6.07 Å². The van der Waals surface area contributed by atoms with Gasteiger partial charge in [-0.05, 0) is 30.7 Å². The van der Waals surface area contributed by atoms with Gasteiger partial charge in [-0.1, -0.05) is 25.2 Å². The van der Waals surface area contributed by atoms with Gasteiger partial charge in [-0.2, -0.15) is 0 Å². The van der Waals surface area contributed by atoms with Gasteiger partial charge < -0.3 is 15.2 Å². The number of ether oxygens (including phenoxy) is 1. The van der Waals surface area contributed by atoms with Crippen LogP contribution in [-0.2, 0) is 6.54 Å². The molecule has 6 heteroatoms. The minimum atomic E-state index is 0.111. The van der Waals surface area contributed by atoms with Crippen molar-refractivity contribution in [2.24, 2.45) is 5.92 Å². The second kappa shape index (κ2) is 6.67. The number of phenolic OH excluding ortho intramolecular Hbond substituents is 1. The van der Waals surface area contributed by atoms with Crippen molar-refractivity contribution >= 4 is 11.3 Å². The number of hydrogen-bond acceptors (Lipinski definition) is 6. The number of hydrogen-bond donors (Lipinski definition) is 2. The molecule has 5 nitrogen and oxygen atoms in total. The van der Waals surface area contributed by atoms with Crippen molar-refractivity contribution < 1.29 is 9.84 Å². The zero-order chi connectivity index (χ0) is 14.5. The summed E-state index contributed by atoms with van der Waals surface area (Å²) in [6.45, 7) is 6.01. The molecule has 1 aromatic carbocycles. The van der Waals surface area contributed by atoms with E-state index in [-0.39, 0.29) is 5.75 Å². The Bertz CT molecular complexity index is 569. The van der Waals surface area contributed by atoms with E-state index < -0.39 is 0 Å². The van der Waals surface area contributed by atoms with Gasteiger partial charge in [0.05, 0.1) is 7.11 Å². The molecule has 0 spiro atoms. The third-order valence-corrected chi connectivity index (χ3v) is 3.69. The summed E-state index contributed by atoms with van der Waals surface area (Å²) in [7, 11) is 1.53. The zero-order valence-corrected chi connectivity index (χ0v) is 12.7. The van der Waals surface area contributed by atoms with E-state index in [4.69, 9.17) is 4.74 Å². The molecule has 1 aromatic heterocycles.